The average molecular weight is 324 g/mol. The smallest absolute Gasteiger partial charge is 0.272 e. The molecule has 0 radical (unpaired) electrons. The van der Waals surface area contributed by atoms with Crippen LogP contribution in [0.1, 0.15) is 22.2 Å². The molecule has 1 aliphatic rings. The van der Waals surface area contributed by atoms with E-state index in [1.807, 2.05) is 5.38 Å². The molecule has 3 rings (SSSR count). The van der Waals surface area contributed by atoms with Crippen LogP contribution in [0.4, 0.5) is 5.69 Å². The average Bonchev–Trinajstić information content (AvgIpc) is 3.03. The predicted molar refractivity (Wildman–Crippen MR) is 82.9 cm³/mol. The van der Waals surface area contributed by atoms with Gasteiger partial charge in [0.1, 0.15) is 0 Å². The Morgan fingerprint density at radius 3 is 3.00 bits per heavy atom. The number of aliphatic hydroxyl groups is 1. The summed E-state index contributed by atoms with van der Waals surface area (Å²) in [6.45, 7) is 2.08. The summed E-state index contributed by atoms with van der Waals surface area (Å²) in [4.78, 5) is 14.6. The molecular weight excluding hydrogens is 310 g/mol. The second-order valence-corrected chi connectivity index (χ2v) is 6.13. The summed E-state index contributed by atoms with van der Waals surface area (Å²) in [6, 6.07) is 8.72. The molecule has 1 atom stereocenters. The van der Waals surface area contributed by atoms with E-state index in [-0.39, 0.29) is 12.3 Å². The molecule has 1 aromatic carbocycles. The van der Waals surface area contributed by atoms with E-state index in [9.17, 15) is 9.90 Å². The van der Waals surface area contributed by atoms with Crippen LogP contribution in [0.5, 0.6) is 0 Å². The summed E-state index contributed by atoms with van der Waals surface area (Å²) in [5.41, 5.74) is 1.43. The van der Waals surface area contributed by atoms with Crippen LogP contribution in [0.3, 0.4) is 0 Å². The highest BCUT2D eigenvalue weighted by molar-refractivity contribution is 7.12. The van der Waals surface area contributed by atoms with Gasteiger partial charge in [0, 0.05) is 11.6 Å². The lowest BCUT2D eigenvalue weighted by molar-refractivity contribution is -0.188. The van der Waals surface area contributed by atoms with Gasteiger partial charge in [-0.05, 0) is 42.1 Å². The van der Waals surface area contributed by atoms with Crippen molar-refractivity contribution in [3.05, 3.63) is 51.2 Å². The lowest BCUT2D eigenvalue weighted by Crippen LogP contribution is -2.52. The molecule has 1 unspecified atom stereocenters. The maximum Gasteiger partial charge on any atom is 0.272 e. The van der Waals surface area contributed by atoms with Crippen molar-refractivity contribution in [3.8, 4) is 0 Å². The third kappa shape index (κ3) is 2.46. The van der Waals surface area contributed by atoms with Crippen molar-refractivity contribution in [2.24, 2.45) is 0 Å². The maximum atomic E-state index is 12.7. The number of benzene rings is 1. The Morgan fingerprint density at radius 2 is 2.33 bits per heavy atom. The third-order valence-electron chi connectivity index (χ3n) is 3.36. The first kappa shape index (κ1) is 14.5. The predicted octanol–water partition coefficient (Wildman–Crippen LogP) is 3.29. The van der Waals surface area contributed by atoms with Gasteiger partial charge in [0.05, 0.1) is 17.0 Å². The number of hydrogen-bond acceptors (Lipinski definition) is 4. The van der Waals surface area contributed by atoms with E-state index in [4.69, 9.17) is 16.3 Å². The number of carbonyl (C=O) groups excluding carboxylic acids is 1. The van der Waals surface area contributed by atoms with Crippen molar-refractivity contribution < 1.29 is 14.6 Å². The molecule has 0 fully saturated rings. The maximum absolute atomic E-state index is 12.7. The first-order valence-corrected chi connectivity index (χ1v) is 7.84. The van der Waals surface area contributed by atoms with Gasteiger partial charge in [-0.25, -0.2) is 0 Å². The fourth-order valence-corrected chi connectivity index (χ4v) is 3.40. The minimum Gasteiger partial charge on any atom is -0.348 e. The molecular formula is C15H14ClNO3S. The van der Waals surface area contributed by atoms with Crippen molar-refractivity contribution >= 4 is 34.5 Å². The SMILES string of the molecule is CCOC1(O)Cc2cc(Cl)ccc2N1C(=O)c1cccs1. The zero-order valence-corrected chi connectivity index (χ0v) is 12.9. The molecule has 1 amide bonds. The second kappa shape index (κ2) is 5.42. The summed E-state index contributed by atoms with van der Waals surface area (Å²) < 4.78 is 5.47. The number of thiophene rings is 1. The Morgan fingerprint density at radius 1 is 1.52 bits per heavy atom. The number of hydrogen-bond donors (Lipinski definition) is 1. The third-order valence-corrected chi connectivity index (χ3v) is 4.46. The van der Waals surface area contributed by atoms with Gasteiger partial charge in [-0.2, -0.15) is 0 Å². The molecule has 0 spiro atoms. The van der Waals surface area contributed by atoms with Crippen LogP contribution in [-0.4, -0.2) is 23.5 Å². The molecule has 2 aromatic rings. The fraction of sp³-hybridized carbons (Fsp3) is 0.267. The Kier molecular flexibility index (Phi) is 3.75. The van der Waals surface area contributed by atoms with Crippen molar-refractivity contribution in [1.82, 2.24) is 0 Å². The number of carbonyl (C=O) groups is 1. The molecule has 0 saturated heterocycles. The minimum atomic E-state index is -1.66. The first-order valence-electron chi connectivity index (χ1n) is 6.58. The van der Waals surface area contributed by atoms with Gasteiger partial charge in [-0.15, -0.1) is 11.3 Å². The monoisotopic (exact) mass is 323 g/mol. The lowest BCUT2D eigenvalue weighted by atomic mass is 10.1. The van der Waals surface area contributed by atoms with E-state index in [2.05, 4.69) is 0 Å². The van der Waals surface area contributed by atoms with Gasteiger partial charge in [0.2, 0.25) is 0 Å². The topological polar surface area (TPSA) is 49.8 Å². The Hall–Kier alpha value is -1.40. The van der Waals surface area contributed by atoms with Crippen molar-refractivity contribution in [2.75, 3.05) is 11.5 Å². The van der Waals surface area contributed by atoms with Gasteiger partial charge in [0.15, 0.2) is 0 Å². The zero-order valence-electron chi connectivity index (χ0n) is 11.4. The highest BCUT2D eigenvalue weighted by Crippen LogP contribution is 2.40. The van der Waals surface area contributed by atoms with Crippen molar-refractivity contribution in [3.63, 3.8) is 0 Å². The van der Waals surface area contributed by atoms with E-state index in [0.29, 0.717) is 22.2 Å². The molecule has 1 aromatic heterocycles. The second-order valence-electron chi connectivity index (χ2n) is 4.74. The highest BCUT2D eigenvalue weighted by atomic mass is 35.5. The largest absolute Gasteiger partial charge is 0.348 e. The Bertz CT molecular complexity index is 674. The van der Waals surface area contributed by atoms with Crippen LogP contribution in [0.2, 0.25) is 5.02 Å². The zero-order chi connectivity index (χ0) is 15.0. The number of ether oxygens (including phenoxy) is 1. The first-order chi connectivity index (χ1) is 10.0. The number of rotatable bonds is 3. The Balaban J connectivity index is 2.07. The van der Waals surface area contributed by atoms with Crippen LogP contribution in [-0.2, 0) is 11.2 Å². The lowest BCUT2D eigenvalue weighted by Gasteiger charge is -2.32. The number of amides is 1. The summed E-state index contributed by atoms with van der Waals surface area (Å²) in [5, 5.41) is 13.2. The summed E-state index contributed by atoms with van der Waals surface area (Å²) in [7, 11) is 0. The van der Waals surface area contributed by atoms with Gasteiger partial charge < -0.3 is 9.84 Å². The van der Waals surface area contributed by atoms with E-state index in [1.54, 1.807) is 37.3 Å². The molecule has 4 nitrogen and oxygen atoms in total. The minimum absolute atomic E-state index is 0.202. The van der Waals surface area contributed by atoms with Crippen LogP contribution in [0.25, 0.3) is 0 Å². The molecule has 1 N–H and O–H groups in total. The fourth-order valence-electron chi connectivity index (χ4n) is 2.55. The number of anilines is 1. The van der Waals surface area contributed by atoms with Crippen LogP contribution < -0.4 is 4.90 Å². The van der Waals surface area contributed by atoms with Gasteiger partial charge in [-0.3, -0.25) is 9.69 Å². The summed E-state index contributed by atoms with van der Waals surface area (Å²) >= 11 is 7.33. The normalized spacial score (nSPS) is 20.6. The molecule has 0 bridgehead atoms. The Labute approximate surface area is 131 Å². The summed E-state index contributed by atoms with van der Waals surface area (Å²) in [5.74, 6) is -1.94. The molecule has 6 heteroatoms. The number of fused-ring (bicyclic) bond motifs is 1. The molecule has 2 heterocycles. The standard InChI is InChI=1S/C15H14ClNO3S/c1-2-20-15(19)9-10-8-11(16)5-6-12(10)17(15)14(18)13-4-3-7-21-13/h3-8,19H,2,9H2,1H3. The van der Waals surface area contributed by atoms with Crippen LogP contribution in [0, 0.1) is 0 Å². The molecule has 1 aliphatic heterocycles. The van der Waals surface area contributed by atoms with Crippen LogP contribution in [0.15, 0.2) is 35.7 Å². The van der Waals surface area contributed by atoms with E-state index in [1.165, 1.54) is 16.2 Å². The van der Waals surface area contributed by atoms with Crippen LogP contribution >= 0.6 is 22.9 Å². The van der Waals surface area contributed by atoms with Gasteiger partial charge in [0.25, 0.3) is 11.8 Å². The molecule has 21 heavy (non-hydrogen) atoms. The molecule has 0 saturated carbocycles. The van der Waals surface area contributed by atoms with Gasteiger partial charge >= 0.3 is 0 Å². The summed E-state index contributed by atoms with van der Waals surface area (Å²) in [6.07, 6.45) is 0.202. The molecule has 110 valence electrons. The molecule has 0 aliphatic carbocycles. The van der Waals surface area contributed by atoms with Gasteiger partial charge in [-0.1, -0.05) is 17.7 Å². The highest BCUT2D eigenvalue weighted by Gasteiger charge is 2.47. The number of halogens is 1. The van der Waals surface area contributed by atoms with E-state index < -0.39 is 5.91 Å². The quantitative estimate of drug-likeness (QED) is 0.882. The van der Waals surface area contributed by atoms with E-state index in [0.717, 1.165) is 5.56 Å². The van der Waals surface area contributed by atoms with E-state index >= 15 is 0 Å². The van der Waals surface area contributed by atoms with Crippen molar-refractivity contribution in [1.29, 1.82) is 0 Å². The number of nitrogens with zero attached hydrogens (tertiary/aromatic N) is 1. The van der Waals surface area contributed by atoms with Crippen molar-refractivity contribution in [2.45, 2.75) is 19.3 Å².